The zero-order valence-corrected chi connectivity index (χ0v) is 16.8. The fraction of sp³-hybridized carbons (Fsp3) is 0.333. The van der Waals surface area contributed by atoms with Gasteiger partial charge in [0.2, 0.25) is 5.91 Å². The Morgan fingerprint density at radius 2 is 2.07 bits per heavy atom. The molecular weight excluding hydrogens is 394 g/mol. The van der Waals surface area contributed by atoms with E-state index < -0.39 is 23.6 Å². The highest BCUT2D eigenvalue weighted by Crippen LogP contribution is 2.28. The van der Waals surface area contributed by atoms with E-state index in [2.05, 4.69) is 10.3 Å². The Hall–Kier alpha value is -3.04. The van der Waals surface area contributed by atoms with E-state index in [0.29, 0.717) is 25.4 Å². The number of methoxy groups -OCH3 is 1. The van der Waals surface area contributed by atoms with Crippen molar-refractivity contribution >= 4 is 16.9 Å². The number of rotatable bonds is 10. The number of halogens is 2. The highest BCUT2D eigenvalue weighted by atomic mass is 19.1. The van der Waals surface area contributed by atoms with E-state index in [0.717, 1.165) is 35.4 Å². The first-order valence-electron chi connectivity index (χ1n) is 9.52. The summed E-state index contributed by atoms with van der Waals surface area (Å²) in [6.45, 7) is 3.22. The van der Waals surface area contributed by atoms with Gasteiger partial charge in [0.1, 0.15) is 17.4 Å². The lowest BCUT2D eigenvalue weighted by Gasteiger charge is -2.13. The van der Waals surface area contributed by atoms with Crippen LogP contribution in [0.3, 0.4) is 0 Å². The summed E-state index contributed by atoms with van der Waals surface area (Å²) in [5, 5.41) is 3.05. The molecule has 7 nitrogen and oxygen atoms in total. The fourth-order valence-electron chi connectivity index (χ4n) is 3.00. The molecule has 0 aliphatic heterocycles. The largest absolute Gasteiger partial charge is 0.454 e. The lowest BCUT2D eigenvalue weighted by molar-refractivity contribution is -0.119. The van der Waals surface area contributed by atoms with E-state index in [1.54, 1.807) is 32.2 Å². The summed E-state index contributed by atoms with van der Waals surface area (Å²) in [4.78, 5) is 15.9. The van der Waals surface area contributed by atoms with Crippen LogP contribution in [0.4, 0.5) is 8.78 Å². The van der Waals surface area contributed by atoms with Gasteiger partial charge in [0.15, 0.2) is 11.6 Å². The van der Waals surface area contributed by atoms with Crippen LogP contribution in [0.1, 0.15) is 19.2 Å². The van der Waals surface area contributed by atoms with E-state index >= 15 is 0 Å². The molecule has 0 saturated heterocycles. The summed E-state index contributed by atoms with van der Waals surface area (Å²) in [5.41, 5.74) is 6.82. The third-order valence-corrected chi connectivity index (χ3v) is 4.64. The van der Waals surface area contributed by atoms with Gasteiger partial charge in [-0.3, -0.25) is 10.1 Å². The van der Waals surface area contributed by atoms with E-state index in [-0.39, 0.29) is 5.75 Å². The molecule has 0 aliphatic rings. The minimum absolute atomic E-state index is 0.0710. The summed E-state index contributed by atoms with van der Waals surface area (Å²) in [7, 11) is 1.63. The standard InChI is InChI=1S/C21H24F2N4O3/c1-13(21(24)28)25-12-20-26-17-6-5-15(11-18(17)27(20)8-3-9-29-2)30-19-7-4-14(22)10-16(19)23/h4-7,10-11,13,25H,3,8-9,12H2,1-2H3,(H2,24,28)/t13-/m0/s1. The fourth-order valence-corrected chi connectivity index (χ4v) is 3.00. The van der Waals surface area contributed by atoms with Crippen molar-refractivity contribution in [3.63, 3.8) is 0 Å². The Balaban J connectivity index is 1.91. The first kappa shape index (κ1) is 21.7. The second-order valence-corrected chi connectivity index (χ2v) is 6.86. The van der Waals surface area contributed by atoms with E-state index in [1.807, 2.05) is 4.57 Å². The number of nitrogens with one attached hydrogen (secondary N) is 1. The number of hydrogen-bond donors (Lipinski definition) is 2. The molecule has 160 valence electrons. The zero-order valence-electron chi connectivity index (χ0n) is 16.8. The molecule has 30 heavy (non-hydrogen) atoms. The second kappa shape index (κ2) is 9.64. The quantitative estimate of drug-likeness (QED) is 0.494. The van der Waals surface area contributed by atoms with Crippen LogP contribution >= 0.6 is 0 Å². The maximum absolute atomic E-state index is 13.9. The summed E-state index contributed by atoms with van der Waals surface area (Å²) in [6.07, 6.45) is 0.748. The molecule has 3 aromatic rings. The van der Waals surface area contributed by atoms with Gasteiger partial charge in [-0.1, -0.05) is 0 Å². The van der Waals surface area contributed by atoms with Crippen LogP contribution in [0.5, 0.6) is 11.5 Å². The number of nitrogens with zero attached hydrogens (tertiary/aromatic N) is 2. The van der Waals surface area contributed by atoms with Crippen LogP contribution < -0.4 is 15.8 Å². The zero-order chi connectivity index (χ0) is 21.7. The Bertz CT molecular complexity index is 1040. The number of primary amides is 1. The summed E-state index contributed by atoms with van der Waals surface area (Å²) in [5.74, 6) is -0.861. The van der Waals surface area contributed by atoms with Gasteiger partial charge >= 0.3 is 0 Å². The summed E-state index contributed by atoms with van der Waals surface area (Å²) >= 11 is 0. The van der Waals surface area contributed by atoms with Crippen molar-refractivity contribution in [1.82, 2.24) is 14.9 Å². The van der Waals surface area contributed by atoms with Gasteiger partial charge in [-0.05, 0) is 37.6 Å². The van der Waals surface area contributed by atoms with Crippen LogP contribution in [-0.4, -0.2) is 35.2 Å². The van der Waals surface area contributed by atoms with Crippen molar-refractivity contribution in [2.45, 2.75) is 32.5 Å². The topological polar surface area (TPSA) is 91.4 Å². The minimum atomic E-state index is -0.783. The van der Waals surface area contributed by atoms with Crippen LogP contribution in [0.25, 0.3) is 11.0 Å². The number of amides is 1. The highest BCUT2D eigenvalue weighted by molar-refractivity contribution is 5.79. The average Bonchev–Trinajstić information content (AvgIpc) is 3.05. The van der Waals surface area contributed by atoms with Crippen molar-refractivity contribution in [3.8, 4) is 11.5 Å². The van der Waals surface area contributed by atoms with Gasteiger partial charge in [0.25, 0.3) is 0 Å². The van der Waals surface area contributed by atoms with Crippen molar-refractivity contribution in [1.29, 1.82) is 0 Å². The number of nitrogens with two attached hydrogens (primary N) is 1. The van der Waals surface area contributed by atoms with Gasteiger partial charge in [0, 0.05) is 32.4 Å². The lowest BCUT2D eigenvalue weighted by atomic mass is 10.2. The first-order valence-corrected chi connectivity index (χ1v) is 9.52. The molecule has 0 fully saturated rings. The molecule has 9 heteroatoms. The van der Waals surface area contributed by atoms with Gasteiger partial charge in [-0.2, -0.15) is 0 Å². The van der Waals surface area contributed by atoms with Crippen LogP contribution in [0.15, 0.2) is 36.4 Å². The molecule has 3 rings (SSSR count). The molecule has 0 saturated carbocycles. The highest BCUT2D eigenvalue weighted by Gasteiger charge is 2.15. The van der Waals surface area contributed by atoms with Gasteiger partial charge in [0.05, 0.1) is 23.6 Å². The van der Waals surface area contributed by atoms with Crippen molar-refractivity contribution in [2.75, 3.05) is 13.7 Å². The Kier molecular flexibility index (Phi) is 6.96. The smallest absolute Gasteiger partial charge is 0.234 e. The Morgan fingerprint density at radius 3 is 2.77 bits per heavy atom. The Labute approximate surface area is 172 Å². The molecule has 3 N–H and O–H groups in total. The molecule has 0 bridgehead atoms. The molecule has 1 heterocycles. The summed E-state index contributed by atoms with van der Waals surface area (Å²) in [6, 6.07) is 7.82. The molecule has 2 aromatic carbocycles. The number of carbonyl (C=O) groups excluding carboxylic acids is 1. The van der Waals surface area contributed by atoms with E-state index in [9.17, 15) is 13.6 Å². The number of imidazole rings is 1. The molecule has 0 unspecified atom stereocenters. The maximum Gasteiger partial charge on any atom is 0.234 e. The molecule has 1 aromatic heterocycles. The van der Waals surface area contributed by atoms with E-state index in [4.69, 9.17) is 15.2 Å². The van der Waals surface area contributed by atoms with Crippen molar-refractivity contribution in [2.24, 2.45) is 5.73 Å². The second-order valence-electron chi connectivity index (χ2n) is 6.86. The predicted octanol–water partition coefficient (Wildman–Crippen LogP) is 3.11. The van der Waals surface area contributed by atoms with Crippen molar-refractivity contribution < 1.29 is 23.0 Å². The first-order chi connectivity index (χ1) is 14.4. The molecule has 1 amide bonds. The van der Waals surface area contributed by atoms with Crippen molar-refractivity contribution in [3.05, 3.63) is 53.9 Å². The number of fused-ring (bicyclic) bond motifs is 1. The van der Waals surface area contributed by atoms with Gasteiger partial charge < -0.3 is 19.8 Å². The molecule has 0 spiro atoms. The monoisotopic (exact) mass is 418 g/mol. The summed E-state index contributed by atoms with van der Waals surface area (Å²) < 4.78 is 39.8. The average molecular weight is 418 g/mol. The lowest BCUT2D eigenvalue weighted by Crippen LogP contribution is -2.38. The number of aryl methyl sites for hydroxylation is 1. The predicted molar refractivity (Wildman–Crippen MR) is 108 cm³/mol. The number of hydrogen-bond acceptors (Lipinski definition) is 5. The normalized spacial score (nSPS) is 12.3. The SMILES string of the molecule is COCCCn1c(CN[C@@H](C)C(N)=O)nc2ccc(Oc3ccc(F)cc3F)cc21. The molecular formula is C21H24F2N4O3. The number of aromatic nitrogens is 2. The minimum Gasteiger partial charge on any atom is -0.454 e. The molecule has 0 radical (unpaired) electrons. The van der Waals surface area contributed by atoms with Crippen LogP contribution in [0, 0.1) is 11.6 Å². The number of benzene rings is 2. The van der Waals surface area contributed by atoms with E-state index in [1.165, 1.54) is 6.07 Å². The Morgan fingerprint density at radius 1 is 1.27 bits per heavy atom. The maximum atomic E-state index is 13.9. The molecule has 0 aliphatic carbocycles. The number of ether oxygens (including phenoxy) is 2. The van der Waals surface area contributed by atoms with Gasteiger partial charge in [-0.25, -0.2) is 13.8 Å². The third kappa shape index (κ3) is 5.11. The third-order valence-electron chi connectivity index (χ3n) is 4.64. The van der Waals surface area contributed by atoms with Crippen LogP contribution in [-0.2, 0) is 22.6 Å². The number of carbonyl (C=O) groups is 1. The molecule has 1 atom stereocenters. The van der Waals surface area contributed by atoms with Gasteiger partial charge in [-0.15, -0.1) is 0 Å². The van der Waals surface area contributed by atoms with Crippen LogP contribution in [0.2, 0.25) is 0 Å².